The Kier molecular flexibility index (Phi) is 5.67. The van der Waals surface area contributed by atoms with E-state index in [4.69, 9.17) is 10.5 Å². The van der Waals surface area contributed by atoms with Crippen LogP contribution >= 0.6 is 0 Å². The molecule has 0 saturated heterocycles. The Bertz CT molecular complexity index is 873. The topological polar surface area (TPSA) is 47.6 Å². The van der Waals surface area contributed by atoms with Crippen molar-refractivity contribution < 1.29 is 0 Å². The first-order valence-electron chi connectivity index (χ1n) is 9.02. The van der Waals surface area contributed by atoms with Gasteiger partial charge in [0.05, 0.1) is 12.1 Å². The van der Waals surface area contributed by atoms with Crippen molar-refractivity contribution >= 4 is 5.57 Å². The summed E-state index contributed by atoms with van der Waals surface area (Å²) in [4.78, 5) is 0. The van der Waals surface area contributed by atoms with Crippen molar-refractivity contribution in [3.63, 3.8) is 0 Å². The van der Waals surface area contributed by atoms with E-state index in [0.29, 0.717) is 5.56 Å². The van der Waals surface area contributed by atoms with Gasteiger partial charge in [0.25, 0.3) is 0 Å². The summed E-state index contributed by atoms with van der Waals surface area (Å²) >= 11 is 0. The van der Waals surface area contributed by atoms with Gasteiger partial charge in [-0.3, -0.25) is 0 Å². The van der Waals surface area contributed by atoms with Gasteiger partial charge in [0, 0.05) is 5.92 Å². The van der Waals surface area contributed by atoms with Crippen molar-refractivity contribution in [2.45, 2.75) is 32.1 Å². The molecule has 1 unspecified atom stereocenters. The van der Waals surface area contributed by atoms with Crippen molar-refractivity contribution in [2.75, 3.05) is 0 Å². The maximum absolute atomic E-state index is 8.96. The van der Waals surface area contributed by atoms with E-state index in [-0.39, 0.29) is 11.8 Å². The summed E-state index contributed by atoms with van der Waals surface area (Å²) in [5, 5.41) is 17.9. The molecule has 2 nitrogen and oxygen atoms in total. The lowest BCUT2D eigenvalue weighted by molar-refractivity contribution is 0.795. The molecule has 0 spiro atoms. The molecule has 0 bridgehead atoms. The van der Waals surface area contributed by atoms with Crippen molar-refractivity contribution in [1.29, 1.82) is 10.5 Å². The summed E-state index contributed by atoms with van der Waals surface area (Å²) in [7, 11) is 0. The minimum atomic E-state index is 0.151. The fraction of sp³-hybridized carbons (Fsp3) is 0.208. The summed E-state index contributed by atoms with van der Waals surface area (Å²) in [5.41, 5.74) is 5.71. The summed E-state index contributed by atoms with van der Waals surface area (Å²) in [5.74, 6) is 0.379. The molecule has 0 N–H and O–H groups in total. The second-order valence-corrected chi connectivity index (χ2v) is 6.53. The third-order valence-electron chi connectivity index (χ3n) is 4.76. The van der Waals surface area contributed by atoms with Crippen LogP contribution in [-0.2, 0) is 6.42 Å². The first-order valence-corrected chi connectivity index (χ1v) is 9.02. The summed E-state index contributed by atoms with van der Waals surface area (Å²) in [6, 6.07) is 20.4. The zero-order valence-corrected chi connectivity index (χ0v) is 14.9. The number of allylic oxidation sites excluding steroid dienone is 4. The molecule has 2 aromatic carbocycles. The molecule has 3 rings (SSSR count). The van der Waals surface area contributed by atoms with Gasteiger partial charge in [0.1, 0.15) is 0 Å². The highest BCUT2D eigenvalue weighted by Crippen LogP contribution is 2.32. The molecule has 0 saturated carbocycles. The molecule has 26 heavy (non-hydrogen) atoms. The van der Waals surface area contributed by atoms with Crippen LogP contribution in [0.25, 0.3) is 5.57 Å². The first kappa shape index (κ1) is 17.7. The Morgan fingerprint density at radius 2 is 1.65 bits per heavy atom. The molecule has 1 aliphatic rings. The van der Waals surface area contributed by atoms with Crippen molar-refractivity contribution in [2.24, 2.45) is 0 Å². The van der Waals surface area contributed by atoms with E-state index in [1.807, 2.05) is 36.4 Å². The molecule has 1 aliphatic carbocycles. The largest absolute Gasteiger partial charge is 0.204 e. The predicted octanol–water partition coefficient (Wildman–Crippen LogP) is 5.74. The van der Waals surface area contributed by atoms with Gasteiger partial charge in [-0.05, 0) is 40.7 Å². The average molecular weight is 337 g/mol. The summed E-state index contributed by atoms with van der Waals surface area (Å²) in [6.07, 6.45) is 10.2. The van der Waals surface area contributed by atoms with Gasteiger partial charge in [-0.1, -0.05) is 80.1 Å². The lowest BCUT2D eigenvalue weighted by atomic mass is 9.95. The van der Waals surface area contributed by atoms with E-state index < -0.39 is 0 Å². The van der Waals surface area contributed by atoms with E-state index >= 15 is 0 Å². The molecule has 2 aromatic rings. The van der Waals surface area contributed by atoms with Crippen LogP contribution in [0.1, 0.15) is 47.9 Å². The molecule has 0 aromatic heterocycles. The maximum Gasteiger partial charge on any atom is 0.204 e. The normalized spacial score (nSPS) is 15.5. The second kappa shape index (κ2) is 8.32. The van der Waals surface area contributed by atoms with Gasteiger partial charge >= 0.3 is 0 Å². The monoisotopic (exact) mass is 337 g/mol. The fourth-order valence-corrected chi connectivity index (χ4v) is 3.18. The molecule has 0 aliphatic heterocycles. The molecule has 1 atom stereocenters. The predicted molar refractivity (Wildman–Crippen MR) is 105 cm³/mol. The van der Waals surface area contributed by atoms with Crippen LogP contribution in [0, 0.1) is 28.6 Å². The molecule has 0 amide bonds. The lowest BCUT2D eigenvalue weighted by Crippen LogP contribution is -1.95. The number of hydrogen-bond donors (Lipinski definition) is 0. The molecule has 1 radical (unpaired) electrons. The van der Waals surface area contributed by atoms with Crippen molar-refractivity contribution in [3.8, 4) is 12.1 Å². The van der Waals surface area contributed by atoms with E-state index in [2.05, 4.69) is 49.4 Å². The zero-order valence-electron chi connectivity index (χ0n) is 14.9. The van der Waals surface area contributed by atoms with E-state index in [9.17, 15) is 0 Å². The van der Waals surface area contributed by atoms with Crippen molar-refractivity contribution in [3.05, 3.63) is 94.9 Å². The Hall–Kier alpha value is -3.10. The van der Waals surface area contributed by atoms with Crippen LogP contribution in [0.3, 0.4) is 0 Å². The quantitative estimate of drug-likeness (QED) is 0.675. The average Bonchev–Trinajstić information content (AvgIpc) is 3.18. The van der Waals surface area contributed by atoms with Crippen LogP contribution in [0.4, 0.5) is 0 Å². The summed E-state index contributed by atoms with van der Waals surface area (Å²) in [6.45, 7) is 2.22. The van der Waals surface area contributed by atoms with Gasteiger partial charge in [-0.15, -0.1) is 0 Å². The minimum Gasteiger partial charge on any atom is -0.196 e. The van der Waals surface area contributed by atoms with Crippen LogP contribution in [-0.4, -0.2) is 0 Å². The van der Waals surface area contributed by atoms with E-state index in [0.717, 1.165) is 12.0 Å². The zero-order chi connectivity index (χ0) is 18.4. The SMILES string of the molecule is CCCCc1ccc(C2=CC(c3ccc([C](C#N)C#N)cc3)C=C2)cc1. The Labute approximate surface area is 155 Å². The van der Waals surface area contributed by atoms with Gasteiger partial charge < -0.3 is 0 Å². The van der Waals surface area contributed by atoms with Crippen LogP contribution in [0.2, 0.25) is 0 Å². The number of benzene rings is 2. The standard InChI is InChI=1S/C24H21N2/c1-2-3-4-18-5-7-19(8-6-18)22-13-14-23(15-22)20-9-11-21(12-10-20)24(16-25)17-26/h5-15,23H,2-4H2,1H3. The highest BCUT2D eigenvalue weighted by atomic mass is 14.3. The van der Waals surface area contributed by atoms with Gasteiger partial charge in [-0.25, -0.2) is 0 Å². The number of aryl methyl sites for hydroxylation is 1. The molecule has 2 heteroatoms. The molecular weight excluding hydrogens is 316 g/mol. The smallest absolute Gasteiger partial charge is 0.196 e. The number of rotatable bonds is 6. The second-order valence-electron chi connectivity index (χ2n) is 6.53. The molecule has 0 heterocycles. The Morgan fingerprint density at radius 3 is 2.27 bits per heavy atom. The molecule has 127 valence electrons. The van der Waals surface area contributed by atoms with Crippen LogP contribution in [0.15, 0.2) is 66.8 Å². The lowest BCUT2D eigenvalue weighted by Gasteiger charge is -2.08. The number of hydrogen-bond acceptors (Lipinski definition) is 2. The molecular formula is C24H21N2. The van der Waals surface area contributed by atoms with Crippen molar-refractivity contribution in [1.82, 2.24) is 0 Å². The van der Waals surface area contributed by atoms with Crippen LogP contribution in [0.5, 0.6) is 0 Å². The van der Waals surface area contributed by atoms with Crippen LogP contribution < -0.4 is 0 Å². The first-order chi connectivity index (χ1) is 12.7. The minimum absolute atomic E-state index is 0.151. The Balaban J connectivity index is 1.73. The van der Waals surface area contributed by atoms with E-state index in [1.165, 1.54) is 29.5 Å². The summed E-state index contributed by atoms with van der Waals surface area (Å²) < 4.78 is 0. The third kappa shape index (κ3) is 3.93. The maximum atomic E-state index is 8.96. The van der Waals surface area contributed by atoms with Gasteiger partial charge in [0.15, 0.2) is 0 Å². The van der Waals surface area contributed by atoms with E-state index in [1.54, 1.807) is 0 Å². The number of nitrogens with zero attached hydrogens (tertiary/aromatic N) is 2. The fourth-order valence-electron chi connectivity index (χ4n) is 3.18. The number of unbranched alkanes of at least 4 members (excludes halogenated alkanes) is 1. The van der Waals surface area contributed by atoms with Gasteiger partial charge in [-0.2, -0.15) is 10.5 Å². The Morgan fingerprint density at radius 1 is 0.962 bits per heavy atom. The number of nitriles is 2. The van der Waals surface area contributed by atoms with Gasteiger partial charge in [0.2, 0.25) is 5.92 Å². The third-order valence-corrected chi connectivity index (χ3v) is 4.76. The highest BCUT2D eigenvalue weighted by molar-refractivity contribution is 5.78. The molecule has 0 fully saturated rings. The highest BCUT2D eigenvalue weighted by Gasteiger charge is 2.15.